The Morgan fingerprint density at radius 2 is 1.65 bits per heavy atom. The van der Waals surface area contributed by atoms with Gasteiger partial charge in [0.2, 0.25) is 5.91 Å². The Bertz CT molecular complexity index is 772. The number of nitrogens with two attached hydrogens (primary N) is 1. The van der Waals surface area contributed by atoms with E-state index in [1.54, 1.807) is 6.07 Å². The first-order valence-corrected chi connectivity index (χ1v) is 6.89. The molecule has 2 aromatic rings. The number of rotatable bonds is 4. The van der Waals surface area contributed by atoms with Gasteiger partial charge in [0.15, 0.2) is 0 Å². The Morgan fingerprint density at radius 1 is 1.04 bits per heavy atom. The maximum atomic E-state index is 12.2. The SMILES string of the molecule is COC(=O)c1ccc(C(=O)Nc2ccc(Cl)c(C(N)=O)c2)cc1. The molecule has 118 valence electrons. The van der Waals surface area contributed by atoms with E-state index in [4.69, 9.17) is 17.3 Å². The Balaban J connectivity index is 2.17. The predicted octanol–water partition coefficient (Wildman–Crippen LogP) is 2.48. The first kappa shape index (κ1) is 16.5. The second-order valence-electron chi connectivity index (χ2n) is 4.58. The Morgan fingerprint density at radius 3 is 2.22 bits per heavy atom. The van der Waals surface area contributed by atoms with Crippen LogP contribution in [0.4, 0.5) is 5.69 Å². The van der Waals surface area contributed by atoms with Crippen LogP contribution in [-0.2, 0) is 4.74 Å². The van der Waals surface area contributed by atoms with E-state index in [0.29, 0.717) is 16.8 Å². The van der Waals surface area contributed by atoms with E-state index in [1.165, 1.54) is 43.5 Å². The van der Waals surface area contributed by atoms with Crippen LogP contribution >= 0.6 is 11.6 Å². The van der Waals surface area contributed by atoms with Gasteiger partial charge in [0.05, 0.1) is 23.3 Å². The van der Waals surface area contributed by atoms with Gasteiger partial charge < -0.3 is 15.8 Å². The van der Waals surface area contributed by atoms with Gasteiger partial charge in [0.25, 0.3) is 5.91 Å². The molecule has 0 aliphatic rings. The molecule has 0 saturated carbocycles. The molecule has 23 heavy (non-hydrogen) atoms. The fourth-order valence-electron chi connectivity index (χ4n) is 1.87. The summed E-state index contributed by atoms with van der Waals surface area (Å²) in [7, 11) is 1.28. The molecule has 0 aromatic heterocycles. The molecule has 0 atom stereocenters. The van der Waals surface area contributed by atoms with Crippen LogP contribution < -0.4 is 11.1 Å². The fourth-order valence-corrected chi connectivity index (χ4v) is 2.08. The van der Waals surface area contributed by atoms with E-state index in [-0.39, 0.29) is 10.6 Å². The van der Waals surface area contributed by atoms with Gasteiger partial charge in [-0.15, -0.1) is 0 Å². The number of halogens is 1. The van der Waals surface area contributed by atoms with E-state index in [1.807, 2.05) is 0 Å². The van der Waals surface area contributed by atoms with Crippen molar-refractivity contribution < 1.29 is 19.1 Å². The first-order valence-electron chi connectivity index (χ1n) is 6.51. The van der Waals surface area contributed by atoms with Crippen LogP contribution in [0.2, 0.25) is 5.02 Å². The number of amides is 2. The van der Waals surface area contributed by atoms with E-state index in [0.717, 1.165) is 0 Å². The molecule has 6 nitrogen and oxygen atoms in total. The monoisotopic (exact) mass is 332 g/mol. The topological polar surface area (TPSA) is 98.5 Å². The molecule has 0 heterocycles. The molecule has 3 N–H and O–H groups in total. The molecule has 0 aliphatic heterocycles. The van der Waals surface area contributed by atoms with E-state index >= 15 is 0 Å². The highest BCUT2D eigenvalue weighted by atomic mass is 35.5. The summed E-state index contributed by atoms with van der Waals surface area (Å²) in [6.07, 6.45) is 0. The van der Waals surface area contributed by atoms with Crippen molar-refractivity contribution in [3.05, 3.63) is 64.2 Å². The standard InChI is InChI=1S/C16H13ClN2O4/c1-23-16(22)10-4-2-9(3-5-10)15(21)19-11-6-7-13(17)12(8-11)14(18)20/h2-8H,1H3,(H2,18,20)(H,19,21). The van der Waals surface area contributed by atoms with Crippen LogP contribution in [-0.4, -0.2) is 24.9 Å². The molecular formula is C16H13ClN2O4. The number of carbonyl (C=O) groups excluding carboxylic acids is 3. The zero-order valence-corrected chi connectivity index (χ0v) is 12.9. The summed E-state index contributed by atoms with van der Waals surface area (Å²) in [5.41, 5.74) is 6.38. The van der Waals surface area contributed by atoms with Crippen LogP contribution in [0.1, 0.15) is 31.1 Å². The Hall–Kier alpha value is -2.86. The molecule has 2 aromatic carbocycles. The van der Waals surface area contributed by atoms with Crippen molar-refractivity contribution >= 4 is 35.1 Å². The number of carbonyl (C=O) groups is 3. The minimum atomic E-state index is -0.687. The fraction of sp³-hybridized carbons (Fsp3) is 0.0625. The van der Waals surface area contributed by atoms with Crippen LogP contribution in [0.25, 0.3) is 0 Å². The lowest BCUT2D eigenvalue weighted by molar-refractivity contribution is 0.0600. The third-order valence-electron chi connectivity index (χ3n) is 3.06. The van der Waals surface area contributed by atoms with Gasteiger partial charge >= 0.3 is 5.97 Å². The predicted molar refractivity (Wildman–Crippen MR) is 85.7 cm³/mol. The number of primary amides is 1. The molecule has 0 fully saturated rings. The smallest absolute Gasteiger partial charge is 0.337 e. The molecule has 2 rings (SSSR count). The molecule has 0 radical (unpaired) electrons. The van der Waals surface area contributed by atoms with Crippen LogP contribution in [0.5, 0.6) is 0 Å². The summed E-state index contributed by atoms with van der Waals surface area (Å²) in [5.74, 6) is -1.58. The number of hydrogen-bond acceptors (Lipinski definition) is 4. The Kier molecular flexibility index (Phi) is 4.98. The van der Waals surface area contributed by atoms with E-state index in [2.05, 4.69) is 10.1 Å². The highest BCUT2D eigenvalue weighted by Gasteiger charge is 2.12. The number of benzene rings is 2. The lowest BCUT2D eigenvalue weighted by atomic mass is 10.1. The van der Waals surface area contributed by atoms with E-state index < -0.39 is 17.8 Å². The maximum absolute atomic E-state index is 12.2. The van der Waals surface area contributed by atoms with Crippen LogP contribution in [0.3, 0.4) is 0 Å². The van der Waals surface area contributed by atoms with Gasteiger partial charge in [0, 0.05) is 11.3 Å². The van der Waals surface area contributed by atoms with Crippen molar-refractivity contribution in [2.45, 2.75) is 0 Å². The number of ether oxygens (including phenoxy) is 1. The molecule has 2 amide bonds. The number of esters is 1. The van der Waals surface area contributed by atoms with Gasteiger partial charge in [0.1, 0.15) is 0 Å². The van der Waals surface area contributed by atoms with Gasteiger partial charge in [-0.1, -0.05) is 11.6 Å². The van der Waals surface area contributed by atoms with Gasteiger partial charge in [-0.25, -0.2) is 4.79 Å². The zero-order valence-electron chi connectivity index (χ0n) is 12.1. The summed E-state index contributed by atoms with van der Waals surface area (Å²) in [4.78, 5) is 34.7. The first-order chi connectivity index (χ1) is 10.9. The second kappa shape index (κ2) is 6.93. The summed E-state index contributed by atoms with van der Waals surface area (Å²) in [5, 5.41) is 2.83. The zero-order chi connectivity index (χ0) is 17.0. The highest BCUT2D eigenvalue weighted by molar-refractivity contribution is 6.34. The number of nitrogens with one attached hydrogen (secondary N) is 1. The normalized spacial score (nSPS) is 10.0. The minimum Gasteiger partial charge on any atom is -0.465 e. The average Bonchev–Trinajstić information content (AvgIpc) is 2.55. The average molecular weight is 333 g/mol. The second-order valence-corrected chi connectivity index (χ2v) is 4.99. The van der Waals surface area contributed by atoms with Gasteiger partial charge in [-0.05, 0) is 42.5 Å². The highest BCUT2D eigenvalue weighted by Crippen LogP contribution is 2.20. The molecule has 0 spiro atoms. The molecule has 7 heteroatoms. The lowest BCUT2D eigenvalue weighted by Gasteiger charge is -2.08. The third kappa shape index (κ3) is 3.87. The van der Waals surface area contributed by atoms with Crippen LogP contribution in [0, 0.1) is 0 Å². The quantitative estimate of drug-likeness (QED) is 0.840. The maximum Gasteiger partial charge on any atom is 0.337 e. The van der Waals surface area contributed by atoms with Crippen molar-refractivity contribution in [2.75, 3.05) is 12.4 Å². The minimum absolute atomic E-state index is 0.116. The number of methoxy groups -OCH3 is 1. The molecule has 0 aliphatic carbocycles. The number of anilines is 1. The number of hydrogen-bond donors (Lipinski definition) is 2. The molecular weight excluding hydrogens is 320 g/mol. The lowest BCUT2D eigenvalue weighted by Crippen LogP contribution is -2.15. The van der Waals surface area contributed by atoms with Crippen molar-refractivity contribution in [1.82, 2.24) is 0 Å². The van der Waals surface area contributed by atoms with Crippen LogP contribution in [0.15, 0.2) is 42.5 Å². The van der Waals surface area contributed by atoms with Gasteiger partial charge in [-0.2, -0.15) is 0 Å². The van der Waals surface area contributed by atoms with Crippen molar-refractivity contribution in [3.63, 3.8) is 0 Å². The van der Waals surface area contributed by atoms with Crippen molar-refractivity contribution in [2.24, 2.45) is 5.73 Å². The largest absolute Gasteiger partial charge is 0.465 e. The summed E-state index contributed by atoms with van der Waals surface area (Å²) in [6, 6.07) is 10.4. The Labute approximate surface area is 137 Å². The summed E-state index contributed by atoms with van der Waals surface area (Å²) >= 11 is 5.85. The van der Waals surface area contributed by atoms with Crippen molar-refractivity contribution in [3.8, 4) is 0 Å². The van der Waals surface area contributed by atoms with Crippen molar-refractivity contribution in [1.29, 1.82) is 0 Å². The summed E-state index contributed by atoms with van der Waals surface area (Å²) < 4.78 is 4.58. The van der Waals surface area contributed by atoms with Gasteiger partial charge in [-0.3, -0.25) is 9.59 Å². The molecule has 0 saturated heterocycles. The van der Waals surface area contributed by atoms with E-state index in [9.17, 15) is 14.4 Å². The molecule has 0 unspecified atom stereocenters. The molecule has 0 bridgehead atoms. The third-order valence-corrected chi connectivity index (χ3v) is 3.39. The summed E-state index contributed by atoms with van der Waals surface area (Å²) in [6.45, 7) is 0.